The van der Waals surface area contributed by atoms with Crippen molar-refractivity contribution in [2.45, 2.75) is 13.8 Å². The maximum Gasteiger partial charge on any atom is 0.249 e. The second-order valence-corrected chi connectivity index (χ2v) is 9.25. The Morgan fingerprint density at radius 2 is 1.68 bits per heavy atom. The molecule has 0 radical (unpaired) electrons. The minimum atomic E-state index is 0.414. The molecule has 0 aliphatic heterocycles. The number of pyridine rings is 1. The van der Waals surface area contributed by atoms with Crippen LogP contribution in [0.25, 0.3) is 33.1 Å². The van der Waals surface area contributed by atoms with Crippen LogP contribution < -0.4 is 10.1 Å². The molecule has 1 N–H and O–H groups in total. The van der Waals surface area contributed by atoms with Gasteiger partial charge in [-0.25, -0.2) is 4.98 Å². The molecule has 0 unspecified atom stereocenters. The molecule has 0 saturated heterocycles. The van der Waals surface area contributed by atoms with Crippen molar-refractivity contribution in [3.05, 3.63) is 102 Å². The highest BCUT2D eigenvalue weighted by atomic mass is 16.5. The Morgan fingerprint density at radius 1 is 0.921 bits per heavy atom. The Labute approximate surface area is 220 Å². The Bertz CT molecular complexity index is 1840. The number of benzene rings is 3. The summed E-state index contributed by atoms with van der Waals surface area (Å²) in [6.07, 6.45) is 3.76. The molecule has 184 valence electrons. The first kappa shape index (κ1) is 23.2. The predicted octanol–water partition coefficient (Wildman–Crippen LogP) is 7.21. The van der Waals surface area contributed by atoms with Crippen molar-refractivity contribution in [3.63, 3.8) is 0 Å². The lowest BCUT2D eigenvalue weighted by Crippen LogP contribution is -2.02. The van der Waals surface area contributed by atoms with E-state index in [-0.39, 0.29) is 0 Å². The van der Waals surface area contributed by atoms with E-state index in [0.29, 0.717) is 17.4 Å². The summed E-state index contributed by atoms with van der Waals surface area (Å²) in [6.45, 7) is 4.09. The third kappa shape index (κ3) is 4.18. The lowest BCUT2D eigenvalue weighted by molar-refractivity contribution is 0.459. The summed E-state index contributed by atoms with van der Waals surface area (Å²) in [5.41, 5.74) is 8.08. The standard InChI is InChI=1S/C31H24N6O/c1-19-16-23(25-8-4-6-22-7-5-14-33-27(22)25)17-20(2)29(19)38-30-28-26(13-15-37(28)3)35-31(36-30)34-24-11-9-21(18-32)10-12-24/h4-17H,1-3H3,(H,34,35,36). The van der Waals surface area contributed by atoms with E-state index in [1.165, 1.54) is 0 Å². The minimum Gasteiger partial charge on any atom is -0.436 e. The van der Waals surface area contributed by atoms with E-state index >= 15 is 0 Å². The average Bonchev–Trinajstić information content (AvgIpc) is 3.31. The van der Waals surface area contributed by atoms with Gasteiger partial charge in [0.05, 0.1) is 22.7 Å². The number of aryl methyl sites for hydroxylation is 3. The second-order valence-electron chi connectivity index (χ2n) is 9.25. The van der Waals surface area contributed by atoms with E-state index in [2.05, 4.69) is 57.8 Å². The van der Waals surface area contributed by atoms with Crippen molar-refractivity contribution in [3.8, 4) is 28.8 Å². The lowest BCUT2D eigenvalue weighted by atomic mass is 9.97. The molecular weight excluding hydrogens is 472 g/mol. The molecular formula is C31H24N6O. The van der Waals surface area contributed by atoms with Crippen LogP contribution in [-0.2, 0) is 7.05 Å². The van der Waals surface area contributed by atoms with Crippen molar-refractivity contribution in [1.82, 2.24) is 19.5 Å². The zero-order valence-corrected chi connectivity index (χ0v) is 21.2. The monoisotopic (exact) mass is 496 g/mol. The number of rotatable bonds is 5. The molecule has 0 saturated carbocycles. The fourth-order valence-corrected chi connectivity index (χ4v) is 4.74. The van der Waals surface area contributed by atoms with Crippen LogP contribution in [0.15, 0.2) is 85.2 Å². The van der Waals surface area contributed by atoms with Gasteiger partial charge in [-0.1, -0.05) is 24.3 Å². The minimum absolute atomic E-state index is 0.414. The summed E-state index contributed by atoms with van der Waals surface area (Å²) in [7, 11) is 1.95. The number of nitriles is 1. The molecule has 3 aromatic heterocycles. The number of hydrogen-bond acceptors (Lipinski definition) is 6. The highest BCUT2D eigenvalue weighted by Crippen LogP contribution is 2.37. The molecule has 6 aromatic rings. The fraction of sp³-hybridized carbons (Fsp3) is 0.0968. The van der Waals surface area contributed by atoms with Gasteiger partial charge in [-0.15, -0.1) is 0 Å². The van der Waals surface area contributed by atoms with Crippen LogP contribution in [0.1, 0.15) is 16.7 Å². The van der Waals surface area contributed by atoms with Crippen molar-refractivity contribution in [2.24, 2.45) is 7.05 Å². The molecule has 3 aromatic carbocycles. The predicted molar refractivity (Wildman–Crippen MR) is 150 cm³/mol. The van der Waals surface area contributed by atoms with Crippen LogP contribution in [0.2, 0.25) is 0 Å². The van der Waals surface area contributed by atoms with Gasteiger partial charge in [0.25, 0.3) is 0 Å². The molecule has 6 rings (SSSR count). The van der Waals surface area contributed by atoms with Crippen LogP contribution in [0, 0.1) is 25.2 Å². The Kier molecular flexibility index (Phi) is 5.70. The molecule has 38 heavy (non-hydrogen) atoms. The second kappa shape index (κ2) is 9.34. The molecule has 0 atom stereocenters. The Hall–Kier alpha value is -5.22. The van der Waals surface area contributed by atoms with E-state index in [1.807, 2.05) is 62.1 Å². The number of aromatic nitrogens is 4. The quantitative estimate of drug-likeness (QED) is 0.271. The summed E-state index contributed by atoms with van der Waals surface area (Å²) in [5, 5.41) is 13.4. The van der Waals surface area contributed by atoms with Crippen LogP contribution >= 0.6 is 0 Å². The van der Waals surface area contributed by atoms with Crippen molar-refractivity contribution in [1.29, 1.82) is 5.26 Å². The SMILES string of the molecule is Cc1cc(-c2cccc3cccnc23)cc(C)c1Oc1nc(Nc2ccc(C#N)cc2)nc2ccn(C)c12. The Balaban J connectivity index is 1.39. The number of ether oxygens (including phenoxy) is 1. The molecule has 0 spiro atoms. The van der Waals surface area contributed by atoms with Gasteiger partial charge in [0.1, 0.15) is 11.3 Å². The lowest BCUT2D eigenvalue weighted by Gasteiger charge is -2.16. The third-order valence-electron chi connectivity index (χ3n) is 6.56. The van der Waals surface area contributed by atoms with E-state index in [0.717, 1.165) is 55.6 Å². The van der Waals surface area contributed by atoms with Gasteiger partial charge in [0.15, 0.2) is 0 Å². The van der Waals surface area contributed by atoms with Crippen LogP contribution in [0.4, 0.5) is 11.6 Å². The van der Waals surface area contributed by atoms with Gasteiger partial charge in [-0.2, -0.15) is 10.2 Å². The number of anilines is 2. The Morgan fingerprint density at radius 3 is 2.45 bits per heavy atom. The average molecular weight is 497 g/mol. The van der Waals surface area contributed by atoms with Crippen molar-refractivity contribution < 1.29 is 4.74 Å². The van der Waals surface area contributed by atoms with E-state index in [9.17, 15) is 0 Å². The van der Waals surface area contributed by atoms with Gasteiger partial charge >= 0.3 is 0 Å². The van der Waals surface area contributed by atoms with E-state index in [1.54, 1.807) is 12.1 Å². The van der Waals surface area contributed by atoms with Crippen LogP contribution in [-0.4, -0.2) is 19.5 Å². The molecule has 3 heterocycles. The van der Waals surface area contributed by atoms with Gasteiger partial charge in [0.2, 0.25) is 11.8 Å². The van der Waals surface area contributed by atoms with E-state index < -0.39 is 0 Å². The number of nitrogens with one attached hydrogen (secondary N) is 1. The van der Waals surface area contributed by atoms with Gasteiger partial charge in [0, 0.05) is 36.1 Å². The van der Waals surface area contributed by atoms with Gasteiger partial charge in [-0.3, -0.25) is 4.98 Å². The maximum absolute atomic E-state index is 9.07. The van der Waals surface area contributed by atoms with Crippen LogP contribution in [0.3, 0.4) is 0 Å². The highest BCUT2D eigenvalue weighted by Gasteiger charge is 2.17. The van der Waals surface area contributed by atoms with E-state index in [4.69, 9.17) is 15.0 Å². The van der Waals surface area contributed by atoms with Gasteiger partial charge < -0.3 is 14.6 Å². The highest BCUT2D eigenvalue weighted by molar-refractivity contribution is 5.94. The molecule has 7 nitrogen and oxygen atoms in total. The van der Waals surface area contributed by atoms with Gasteiger partial charge in [-0.05, 0) is 79.1 Å². The number of hydrogen-bond donors (Lipinski definition) is 1. The largest absolute Gasteiger partial charge is 0.436 e. The zero-order valence-electron chi connectivity index (χ0n) is 21.2. The topological polar surface area (TPSA) is 88.7 Å². The summed E-state index contributed by atoms with van der Waals surface area (Å²) in [6, 6.07) is 25.7. The van der Waals surface area contributed by atoms with Crippen molar-refractivity contribution >= 4 is 33.6 Å². The fourth-order valence-electron chi connectivity index (χ4n) is 4.74. The number of fused-ring (bicyclic) bond motifs is 2. The van der Waals surface area contributed by atoms with Crippen molar-refractivity contribution in [2.75, 3.05) is 5.32 Å². The molecule has 7 heteroatoms. The number of nitrogens with zero attached hydrogens (tertiary/aromatic N) is 5. The first-order chi connectivity index (χ1) is 18.5. The zero-order chi connectivity index (χ0) is 26.2. The first-order valence-corrected chi connectivity index (χ1v) is 12.2. The molecule has 0 aliphatic carbocycles. The molecule has 0 aliphatic rings. The summed E-state index contributed by atoms with van der Waals surface area (Å²) < 4.78 is 8.47. The maximum atomic E-state index is 9.07. The summed E-state index contributed by atoms with van der Waals surface area (Å²) in [4.78, 5) is 14.0. The first-order valence-electron chi connectivity index (χ1n) is 12.2. The summed E-state index contributed by atoms with van der Waals surface area (Å²) in [5.74, 6) is 1.63. The summed E-state index contributed by atoms with van der Waals surface area (Å²) >= 11 is 0. The van der Waals surface area contributed by atoms with Crippen LogP contribution in [0.5, 0.6) is 11.6 Å². The molecule has 0 fully saturated rings. The molecule has 0 bridgehead atoms. The number of para-hydroxylation sites is 1. The molecule has 0 amide bonds. The normalized spacial score (nSPS) is 11.0. The third-order valence-corrected chi connectivity index (χ3v) is 6.56. The smallest absolute Gasteiger partial charge is 0.249 e.